The number of hydrogen-bond donors (Lipinski definition) is 0. The zero-order valence-electron chi connectivity index (χ0n) is 32.1. The van der Waals surface area contributed by atoms with Gasteiger partial charge >= 0.3 is 0 Å². The summed E-state index contributed by atoms with van der Waals surface area (Å²) in [4.78, 5) is 9.47. The average molecular weight is 756 g/mol. The zero-order chi connectivity index (χ0) is 38.9. The van der Waals surface area contributed by atoms with Crippen LogP contribution < -0.4 is 9.80 Å². The van der Waals surface area contributed by atoms with Crippen molar-refractivity contribution < 1.29 is 4.42 Å². The Kier molecular flexibility index (Phi) is 7.63. The van der Waals surface area contributed by atoms with Crippen molar-refractivity contribution in [2.24, 2.45) is 0 Å². The van der Waals surface area contributed by atoms with Crippen molar-refractivity contribution in [1.82, 2.24) is 4.98 Å². The normalized spacial score (nSPS) is 15.8. The van der Waals surface area contributed by atoms with Crippen LogP contribution in [0.25, 0.3) is 65.9 Å². The van der Waals surface area contributed by atoms with E-state index in [2.05, 4.69) is 203 Å². The number of furan rings is 1. The maximum atomic E-state index is 6.23. The van der Waals surface area contributed by atoms with Crippen LogP contribution >= 0.6 is 0 Å². The summed E-state index contributed by atoms with van der Waals surface area (Å²) in [7, 11) is 0. The van der Waals surface area contributed by atoms with Crippen LogP contribution in [0.2, 0.25) is 0 Å². The van der Waals surface area contributed by atoms with E-state index in [1.807, 2.05) is 18.2 Å². The van der Waals surface area contributed by atoms with E-state index in [9.17, 15) is 0 Å². The van der Waals surface area contributed by atoms with Crippen LogP contribution in [0.15, 0.2) is 223 Å². The molecule has 4 heteroatoms. The fourth-order valence-corrected chi connectivity index (χ4v) is 9.49. The van der Waals surface area contributed by atoms with E-state index in [4.69, 9.17) is 4.42 Å². The SMILES string of the molecule is C1=CC2c3c(c4ccccc4c4ccccc34)N(c3ccccc3)C2C=C1N(c1ccc(-c2ccc3ccccc3c2)cc1)c1ccc(-c2cc3ncccc3o2)cc1. The third-order valence-electron chi connectivity index (χ3n) is 12.2. The molecule has 2 atom stereocenters. The molecule has 10 aromatic rings. The second-order valence-electron chi connectivity index (χ2n) is 15.5. The molecule has 2 unspecified atom stereocenters. The number of allylic oxidation sites excluding steroid dienone is 1. The molecule has 0 saturated carbocycles. The van der Waals surface area contributed by atoms with Gasteiger partial charge < -0.3 is 14.2 Å². The van der Waals surface area contributed by atoms with Crippen molar-refractivity contribution in [1.29, 1.82) is 0 Å². The highest BCUT2D eigenvalue weighted by molar-refractivity contribution is 6.17. The maximum Gasteiger partial charge on any atom is 0.153 e. The second-order valence-corrected chi connectivity index (χ2v) is 15.5. The smallest absolute Gasteiger partial charge is 0.153 e. The number of fused-ring (bicyclic) bond motifs is 10. The number of nitrogens with zero attached hydrogens (tertiary/aromatic N) is 3. The Labute approximate surface area is 342 Å². The fourth-order valence-electron chi connectivity index (χ4n) is 9.49. The first-order chi connectivity index (χ1) is 29.2. The van der Waals surface area contributed by atoms with Gasteiger partial charge in [0, 0.05) is 51.9 Å². The number of pyridine rings is 1. The van der Waals surface area contributed by atoms with E-state index in [1.54, 1.807) is 6.20 Å². The summed E-state index contributed by atoms with van der Waals surface area (Å²) in [6, 6.07) is 67.6. The van der Waals surface area contributed by atoms with Crippen LogP contribution in [0.1, 0.15) is 11.5 Å². The lowest BCUT2D eigenvalue weighted by molar-refractivity contribution is 0.631. The molecule has 12 rings (SSSR count). The van der Waals surface area contributed by atoms with Gasteiger partial charge in [0.15, 0.2) is 5.58 Å². The summed E-state index contributed by atoms with van der Waals surface area (Å²) in [6.45, 7) is 0. The molecule has 1 aliphatic carbocycles. The Balaban J connectivity index is 1.01. The van der Waals surface area contributed by atoms with E-state index >= 15 is 0 Å². The number of benzene rings is 8. The van der Waals surface area contributed by atoms with Gasteiger partial charge in [-0.25, -0.2) is 0 Å². The van der Waals surface area contributed by atoms with Crippen molar-refractivity contribution in [2.45, 2.75) is 12.0 Å². The van der Waals surface area contributed by atoms with E-state index in [1.165, 1.54) is 60.4 Å². The highest BCUT2D eigenvalue weighted by Gasteiger charge is 2.41. The largest absolute Gasteiger partial charge is 0.454 e. The third-order valence-corrected chi connectivity index (χ3v) is 12.2. The van der Waals surface area contributed by atoms with Crippen molar-refractivity contribution >= 4 is 66.2 Å². The van der Waals surface area contributed by atoms with Gasteiger partial charge in [-0.2, -0.15) is 0 Å². The van der Waals surface area contributed by atoms with E-state index < -0.39 is 0 Å². The molecule has 1 aliphatic heterocycles. The van der Waals surface area contributed by atoms with Gasteiger partial charge in [0.2, 0.25) is 0 Å². The first kappa shape index (κ1) is 33.4. The molecule has 0 saturated heterocycles. The second kappa shape index (κ2) is 13.5. The lowest BCUT2D eigenvalue weighted by atomic mass is 9.85. The molecular formula is C55H37N3O. The minimum absolute atomic E-state index is 0.0447. The molecule has 278 valence electrons. The molecule has 0 radical (unpaired) electrons. The zero-order valence-corrected chi connectivity index (χ0v) is 32.1. The maximum absolute atomic E-state index is 6.23. The number of hydrogen-bond acceptors (Lipinski definition) is 4. The van der Waals surface area contributed by atoms with Crippen molar-refractivity contribution in [2.75, 3.05) is 9.80 Å². The van der Waals surface area contributed by atoms with Crippen LogP contribution in [0.3, 0.4) is 0 Å². The molecule has 8 aromatic carbocycles. The minimum Gasteiger partial charge on any atom is -0.454 e. The van der Waals surface area contributed by atoms with Gasteiger partial charge in [0.25, 0.3) is 0 Å². The monoisotopic (exact) mass is 755 g/mol. The molecule has 2 aliphatic rings. The van der Waals surface area contributed by atoms with Crippen LogP contribution in [0.4, 0.5) is 22.7 Å². The summed E-state index contributed by atoms with van der Waals surface area (Å²) in [5.74, 6) is 0.961. The highest BCUT2D eigenvalue weighted by Crippen LogP contribution is 2.55. The fraction of sp³-hybridized carbons (Fsp3) is 0.0364. The van der Waals surface area contributed by atoms with Gasteiger partial charge in [-0.1, -0.05) is 121 Å². The summed E-state index contributed by atoms with van der Waals surface area (Å²) in [5.41, 5.74) is 12.2. The first-order valence-corrected chi connectivity index (χ1v) is 20.3. The molecule has 0 N–H and O–H groups in total. The van der Waals surface area contributed by atoms with Gasteiger partial charge in [-0.15, -0.1) is 0 Å². The number of para-hydroxylation sites is 1. The third kappa shape index (κ3) is 5.49. The Morgan fingerprint density at radius 2 is 1.17 bits per heavy atom. The topological polar surface area (TPSA) is 32.5 Å². The Morgan fingerprint density at radius 1 is 0.525 bits per heavy atom. The minimum atomic E-state index is 0.0447. The lowest BCUT2D eigenvalue weighted by Crippen LogP contribution is -2.31. The van der Waals surface area contributed by atoms with E-state index in [0.717, 1.165) is 39.5 Å². The average Bonchev–Trinajstić information content (AvgIpc) is 3.90. The quantitative estimate of drug-likeness (QED) is 0.158. The van der Waals surface area contributed by atoms with Crippen LogP contribution in [-0.4, -0.2) is 11.0 Å². The standard InChI is InChI=1S/C55H37N3O/c1-2-13-41(14-3-1)58-51-34-44(30-31-49(51)54-47-17-8-6-15-45(47)46-16-7-9-18-48(46)55(54)58)57(43-28-24-38(25-29-43)53-35-50-52(59-53)19-10-32-56-50)42-26-22-37(23-27-42)40-21-20-36-11-4-5-12-39(36)33-40/h1-35,49,51H. The van der Waals surface area contributed by atoms with E-state index in [0.29, 0.717) is 0 Å². The van der Waals surface area contributed by atoms with Gasteiger partial charge in [-0.3, -0.25) is 4.98 Å². The molecule has 0 bridgehead atoms. The van der Waals surface area contributed by atoms with Crippen LogP contribution in [0, 0.1) is 0 Å². The summed E-state index contributed by atoms with van der Waals surface area (Å²) >= 11 is 0. The Morgan fingerprint density at radius 3 is 1.93 bits per heavy atom. The molecule has 4 nitrogen and oxygen atoms in total. The van der Waals surface area contributed by atoms with E-state index in [-0.39, 0.29) is 12.0 Å². The molecular weight excluding hydrogens is 719 g/mol. The van der Waals surface area contributed by atoms with Gasteiger partial charge in [-0.05, 0) is 123 Å². The molecule has 2 aromatic heterocycles. The van der Waals surface area contributed by atoms with Crippen molar-refractivity contribution in [3.05, 3.63) is 224 Å². The predicted molar refractivity (Wildman–Crippen MR) is 245 cm³/mol. The Hall–Kier alpha value is -7.69. The number of anilines is 4. The first-order valence-electron chi connectivity index (χ1n) is 20.3. The van der Waals surface area contributed by atoms with Gasteiger partial charge in [0.05, 0.1) is 11.7 Å². The van der Waals surface area contributed by atoms with Crippen molar-refractivity contribution in [3.8, 4) is 22.5 Å². The number of rotatable bonds is 6. The summed E-state index contributed by atoms with van der Waals surface area (Å²) in [5, 5.41) is 7.66. The van der Waals surface area contributed by atoms with Crippen molar-refractivity contribution in [3.63, 3.8) is 0 Å². The van der Waals surface area contributed by atoms with Crippen LogP contribution in [-0.2, 0) is 0 Å². The molecule has 0 spiro atoms. The van der Waals surface area contributed by atoms with Gasteiger partial charge in [0.1, 0.15) is 11.3 Å². The molecule has 0 amide bonds. The summed E-state index contributed by atoms with van der Waals surface area (Å²) in [6.07, 6.45) is 9.06. The molecule has 59 heavy (non-hydrogen) atoms. The lowest BCUT2D eigenvalue weighted by Gasteiger charge is -2.34. The Bertz CT molecular complexity index is 3260. The predicted octanol–water partition coefficient (Wildman–Crippen LogP) is 14.5. The molecule has 0 fully saturated rings. The highest BCUT2D eigenvalue weighted by atomic mass is 16.3. The van der Waals surface area contributed by atoms with Crippen LogP contribution in [0.5, 0.6) is 0 Å². The molecule has 3 heterocycles. The summed E-state index contributed by atoms with van der Waals surface area (Å²) < 4.78 is 6.23. The number of aromatic nitrogens is 1.